The first-order valence-electron chi connectivity index (χ1n) is 12.3. The van der Waals surface area contributed by atoms with Gasteiger partial charge in [0.25, 0.3) is 0 Å². The standard InChI is InChI=1S/C26H30N8O/c1-2-4-19(5-3-1)16-28-24-23-25(34(18-29-23)22-10-11-27-17-22)32-26(31-24)30-20-6-8-21(9-7-20)33-12-14-35-15-13-33/h1-9,18,22,27H,10-17H2,(H2,28,30,31,32). The van der Waals surface area contributed by atoms with Gasteiger partial charge in [-0.25, -0.2) is 4.98 Å². The third kappa shape index (κ3) is 4.78. The van der Waals surface area contributed by atoms with Crippen molar-refractivity contribution in [1.82, 2.24) is 24.8 Å². The van der Waals surface area contributed by atoms with Crippen LogP contribution in [-0.4, -0.2) is 58.9 Å². The maximum Gasteiger partial charge on any atom is 0.231 e. The van der Waals surface area contributed by atoms with Crippen molar-refractivity contribution in [2.75, 3.05) is 54.9 Å². The van der Waals surface area contributed by atoms with Crippen LogP contribution in [-0.2, 0) is 11.3 Å². The normalized spacial score (nSPS) is 18.2. The lowest BCUT2D eigenvalue weighted by Gasteiger charge is -2.28. The number of anilines is 4. The van der Waals surface area contributed by atoms with Crippen molar-refractivity contribution in [2.45, 2.75) is 19.0 Å². The van der Waals surface area contributed by atoms with E-state index in [0.29, 0.717) is 18.5 Å². The number of fused-ring (bicyclic) bond motifs is 1. The number of imidazole rings is 1. The molecule has 2 aromatic carbocycles. The Labute approximate surface area is 204 Å². The van der Waals surface area contributed by atoms with E-state index in [-0.39, 0.29) is 0 Å². The fraction of sp³-hybridized carbons (Fsp3) is 0.346. The molecule has 0 bridgehead atoms. The molecule has 0 aliphatic carbocycles. The Morgan fingerprint density at radius 1 is 1.00 bits per heavy atom. The van der Waals surface area contributed by atoms with Crippen molar-refractivity contribution in [2.24, 2.45) is 0 Å². The van der Waals surface area contributed by atoms with E-state index in [1.807, 2.05) is 24.5 Å². The van der Waals surface area contributed by atoms with E-state index in [4.69, 9.17) is 19.7 Å². The SMILES string of the molecule is c1ccc(CNc2nc(Nc3ccc(N4CCOCC4)cc3)nc3c2ncn3C2CCNC2)cc1. The molecule has 2 aromatic heterocycles. The van der Waals surface area contributed by atoms with Crippen molar-refractivity contribution >= 4 is 34.3 Å². The van der Waals surface area contributed by atoms with Gasteiger partial charge >= 0.3 is 0 Å². The molecule has 35 heavy (non-hydrogen) atoms. The van der Waals surface area contributed by atoms with Crippen LogP contribution in [0.5, 0.6) is 0 Å². The summed E-state index contributed by atoms with van der Waals surface area (Å²) in [6, 6.07) is 19.1. The van der Waals surface area contributed by atoms with Gasteiger partial charge in [-0.2, -0.15) is 9.97 Å². The second-order valence-corrected chi connectivity index (χ2v) is 8.98. The Morgan fingerprint density at radius 2 is 1.83 bits per heavy atom. The summed E-state index contributed by atoms with van der Waals surface area (Å²) in [5.41, 5.74) is 4.97. The molecule has 3 N–H and O–H groups in total. The fourth-order valence-corrected chi connectivity index (χ4v) is 4.73. The molecule has 0 spiro atoms. The number of aromatic nitrogens is 4. The van der Waals surface area contributed by atoms with Crippen LogP contribution in [0.15, 0.2) is 60.9 Å². The monoisotopic (exact) mass is 470 g/mol. The maximum atomic E-state index is 5.47. The summed E-state index contributed by atoms with van der Waals surface area (Å²) < 4.78 is 7.65. The molecule has 0 saturated carbocycles. The van der Waals surface area contributed by atoms with Gasteiger partial charge in [-0.05, 0) is 42.8 Å². The van der Waals surface area contributed by atoms with Crippen LogP contribution in [0.4, 0.5) is 23.1 Å². The number of ether oxygens (including phenoxy) is 1. The largest absolute Gasteiger partial charge is 0.378 e. The molecule has 9 heteroatoms. The van der Waals surface area contributed by atoms with E-state index in [2.05, 4.69) is 61.8 Å². The summed E-state index contributed by atoms with van der Waals surface area (Å²) in [6.07, 6.45) is 2.96. The average molecular weight is 471 g/mol. The van der Waals surface area contributed by atoms with Gasteiger partial charge in [0.15, 0.2) is 17.0 Å². The maximum absolute atomic E-state index is 5.47. The number of hydrogen-bond acceptors (Lipinski definition) is 8. The van der Waals surface area contributed by atoms with Crippen LogP contribution in [0, 0.1) is 0 Å². The second kappa shape index (κ2) is 9.89. The zero-order valence-corrected chi connectivity index (χ0v) is 19.7. The van der Waals surface area contributed by atoms with Crippen LogP contribution in [0.2, 0.25) is 0 Å². The van der Waals surface area contributed by atoms with Gasteiger partial charge in [0, 0.05) is 37.6 Å². The van der Waals surface area contributed by atoms with Crippen molar-refractivity contribution in [3.8, 4) is 0 Å². The van der Waals surface area contributed by atoms with Gasteiger partial charge < -0.3 is 30.2 Å². The molecule has 0 amide bonds. The molecule has 0 radical (unpaired) electrons. The molecule has 180 valence electrons. The fourth-order valence-electron chi connectivity index (χ4n) is 4.73. The van der Waals surface area contributed by atoms with E-state index < -0.39 is 0 Å². The predicted molar refractivity (Wildman–Crippen MR) is 138 cm³/mol. The van der Waals surface area contributed by atoms with E-state index in [1.54, 1.807) is 0 Å². The Morgan fingerprint density at radius 3 is 2.60 bits per heavy atom. The molecular formula is C26H30N8O. The number of benzene rings is 2. The highest BCUT2D eigenvalue weighted by Crippen LogP contribution is 2.28. The Hall–Kier alpha value is -3.69. The minimum Gasteiger partial charge on any atom is -0.378 e. The van der Waals surface area contributed by atoms with Crippen LogP contribution in [0.3, 0.4) is 0 Å². The summed E-state index contributed by atoms with van der Waals surface area (Å²) >= 11 is 0. The lowest BCUT2D eigenvalue weighted by Crippen LogP contribution is -2.36. The van der Waals surface area contributed by atoms with Gasteiger partial charge in [-0.1, -0.05) is 30.3 Å². The van der Waals surface area contributed by atoms with Crippen LogP contribution in [0.25, 0.3) is 11.2 Å². The van der Waals surface area contributed by atoms with Crippen LogP contribution < -0.4 is 20.9 Å². The summed E-state index contributed by atoms with van der Waals surface area (Å²) in [5, 5.41) is 10.3. The highest BCUT2D eigenvalue weighted by atomic mass is 16.5. The van der Waals surface area contributed by atoms with Gasteiger partial charge in [0.05, 0.1) is 25.6 Å². The van der Waals surface area contributed by atoms with Crippen LogP contribution in [0.1, 0.15) is 18.0 Å². The highest BCUT2D eigenvalue weighted by molar-refractivity contribution is 5.85. The zero-order chi connectivity index (χ0) is 23.5. The van der Waals surface area contributed by atoms with Crippen molar-refractivity contribution in [1.29, 1.82) is 0 Å². The minimum atomic E-state index is 0.345. The summed E-state index contributed by atoms with van der Waals surface area (Å²) in [4.78, 5) is 16.7. The van der Waals surface area contributed by atoms with E-state index >= 15 is 0 Å². The first-order valence-corrected chi connectivity index (χ1v) is 12.3. The molecule has 4 heterocycles. The first-order chi connectivity index (χ1) is 17.3. The number of rotatable bonds is 7. The number of nitrogens with zero attached hydrogens (tertiary/aromatic N) is 5. The molecule has 2 aliphatic heterocycles. The third-order valence-corrected chi connectivity index (χ3v) is 6.65. The van der Waals surface area contributed by atoms with E-state index in [1.165, 1.54) is 11.3 Å². The lowest BCUT2D eigenvalue weighted by atomic mass is 10.2. The minimum absolute atomic E-state index is 0.345. The zero-order valence-electron chi connectivity index (χ0n) is 19.7. The molecule has 4 aromatic rings. The third-order valence-electron chi connectivity index (χ3n) is 6.65. The van der Waals surface area contributed by atoms with Gasteiger partial charge in [0.2, 0.25) is 5.95 Å². The van der Waals surface area contributed by atoms with Gasteiger partial charge in [-0.3, -0.25) is 0 Å². The number of hydrogen-bond donors (Lipinski definition) is 3. The molecular weight excluding hydrogens is 440 g/mol. The topological polar surface area (TPSA) is 92.2 Å². The second-order valence-electron chi connectivity index (χ2n) is 8.98. The van der Waals surface area contributed by atoms with Crippen molar-refractivity contribution in [3.63, 3.8) is 0 Å². The summed E-state index contributed by atoms with van der Waals surface area (Å²) in [6.45, 7) is 5.99. The molecule has 2 saturated heterocycles. The Balaban J connectivity index is 1.29. The molecule has 6 rings (SSSR count). The number of morpholine rings is 1. The average Bonchev–Trinajstić information content (AvgIpc) is 3.59. The van der Waals surface area contributed by atoms with E-state index in [0.717, 1.165) is 68.5 Å². The predicted octanol–water partition coefficient (Wildman–Crippen LogP) is 3.55. The molecule has 2 aliphatic rings. The van der Waals surface area contributed by atoms with Crippen molar-refractivity contribution < 1.29 is 4.74 Å². The summed E-state index contributed by atoms with van der Waals surface area (Å²) in [5.74, 6) is 1.29. The van der Waals surface area contributed by atoms with Gasteiger partial charge in [0.1, 0.15) is 0 Å². The molecule has 9 nitrogen and oxygen atoms in total. The highest BCUT2D eigenvalue weighted by Gasteiger charge is 2.22. The molecule has 1 unspecified atom stereocenters. The molecule has 2 fully saturated rings. The summed E-state index contributed by atoms with van der Waals surface area (Å²) in [7, 11) is 0. The lowest BCUT2D eigenvalue weighted by molar-refractivity contribution is 0.122. The van der Waals surface area contributed by atoms with Crippen molar-refractivity contribution in [3.05, 3.63) is 66.5 Å². The Kier molecular flexibility index (Phi) is 6.17. The molecule has 1 atom stereocenters. The quantitative estimate of drug-likeness (QED) is 0.378. The van der Waals surface area contributed by atoms with Gasteiger partial charge in [-0.15, -0.1) is 0 Å². The Bertz CT molecular complexity index is 1260. The number of nitrogens with one attached hydrogen (secondary N) is 3. The van der Waals surface area contributed by atoms with E-state index in [9.17, 15) is 0 Å². The van der Waals surface area contributed by atoms with Crippen LogP contribution >= 0.6 is 0 Å². The smallest absolute Gasteiger partial charge is 0.231 e. The first kappa shape index (κ1) is 21.8.